The molecule has 74 valence electrons. The van der Waals surface area contributed by atoms with Crippen molar-refractivity contribution in [3.8, 4) is 0 Å². The van der Waals surface area contributed by atoms with Crippen LogP contribution in [0.1, 0.15) is 40.0 Å². The van der Waals surface area contributed by atoms with Crippen molar-refractivity contribution >= 4 is 11.6 Å². The molecule has 0 spiro atoms. The van der Waals surface area contributed by atoms with Crippen molar-refractivity contribution in [2.24, 2.45) is 11.0 Å². The largest absolute Gasteiger partial charge is 0.273 e. The minimum absolute atomic E-state index is 0.174. The van der Waals surface area contributed by atoms with Gasteiger partial charge in [0, 0.05) is 18.2 Å². The molecule has 0 saturated heterocycles. The second kappa shape index (κ2) is 4.40. The molecule has 1 atom stereocenters. The normalized spacial score (nSPS) is 23.3. The van der Waals surface area contributed by atoms with E-state index in [0.717, 1.165) is 25.0 Å². The monoisotopic (exact) mass is 182 g/mol. The Labute approximate surface area is 79.8 Å². The first kappa shape index (κ1) is 10.2. The van der Waals surface area contributed by atoms with Gasteiger partial charge >= 0.3 is 0 Å². The van der Waals surface area contributed by atoms with Crippen LogP contribution in [0.5, 0.6) is 0 Å². The van der Waals surface area contributed by atoms with E-state index in [9.17, 15) is 4.79 Å². The molecule has 0 radical (unpaired) electrons. The number of hydrogen-bond donors (Lipinski definition) is 0. The van der Waals surface area contributed by atoms with Gasteiger partial charge in [0.05, 0.1) is 0 Å². The summed E-state index contributed by atoms with van der Waals surface area (Å²) < 4.78 is 0. The molecule has 13 heavy (non-hydrogen) atoms. The Kier molecular flexibility index (Phi) is 3.46. The zero-order chi connectivity index (χ0) is 9.84. The van der Waals surface area contributed by atoms with Gasteiger partial charge in [0.1, 0.15) is 0 Å². The SMILES string of the molecule is CCC1=NN(CC)C(=O)C(CC)C1. The molecular formula is C10H18N2O. The molecule has 0 bridgehead atoms. The van der Waals surface area contributed by atoms with Gasteiger partial charge in [0.2, 0.25) is 5.91 Å². The number of carbonyl (C=O) groups is 1. The van der Waals surface area contributed by atoms with Gasteiger partial charge in [-0.05, 0) is 26.2 Å². The molecular weight excluding hydrogens is 164 g/mol. The average Bonchev–Trinajstić information content (AvgIpc) is 2.18. The maximum atomic E-state index is 11.7. The minimum Gasteiger partial charge on any atom is -0.273 e. The van der Waals surface area contributed by atoms with Crippen LogP contribution in [0.15, 0.2) is 5.10 Å². The Bertz CT molecular complexity index is 223. The summed E-state index contributed by atoms with van der Waals surface area (Å²) in [7, 11) is 0. The quantitative estimate of drug-likeness (QED) is 0.657. The number of hydrazone groups is 1. The molecule has 0 aromatic rings. The molecule has 3 heteroatoms. The lowest BCUT2D eigenvalue weighted by atomic mass is 9.95. The standard InChI is InChI=1S/C10H18N2O/c1-4-8-7-9(5-2)11-12(6-3)10(8)13/h8H,4-7H2,1-3H3. The summed E-state index contributed by atoms with van der Waals surface area (Å²) >= 11 is 0. The summed E-state index contributed by atoms with van der Waals surface area (Å²) in [4.78, 5) is 11.7. The van der Waals surface area contributed by atoms with Gasteiger partial charge in [-0.15, -0.1) is 0 Å². The van der Waals surface area contributed by atoms with Gasteiger partial charge in [-0.25, -0.2) is 5.01 Å². The Morgan fingerprint density at radius 1 is 1.46 bits per heavy atom. The number of hydrogen-bond acceptors (Lipinski definition) is 2. The Morgan fingerprint density at radius 2 is 2.15 bits per heavy atom. The molecule has 1 rings (SSSR count). The fourth-order valence-corrected chi connectivity index (χ4v) is 1.60. The Balaban J connectivity index is 2.79. The van der Waals surface area contributed by atoms with Crippen LogP contribution in [0, 0.1) is 5.92 Å². The molecule has 0 fully saturated rings. The van der Waals surface area contributed by atoms with E-state index in [1.807, 2.05) is 6.92 Å². The van der Waals surface area contributed by atoms with Gasteiger partial charge in [0.25, 0.3) is 0 Å². The van der Waals surface area contributed by atoms with E-state index in [2.05, 4.69) is 18.9 Å². The van der Waals surface area contributed by atoms with Crippen LogP contribution >= 0.6 is 0 Å². The van der Waals surface area contributed by atoms with E-state index in [-0.39, 0.29) is 11.8 Å². The van der Waals surface area contributed by atoms with E-state index in [1.54, 1.807) is 5.01 Å². The summed E-state index contributed by atoms with van der Waals surface area (Å²) in [5, 5.41) is 5.91. The lowest BCUT2D eigenvalue weighted by Gasteiger charge is -2.27. The van der Waals surface area contributed by atoms with Gasteiger partial charge in [-0.1, -0.05) is 13.8 Å². The highest BCUT2D eigenvalue weighted by Crippen LogP contribution is 2.20. The van der Waals surface area contributed by atoms with Crippen molar-refractivity contribution in [3.63, 3.8) is 0 Å². The summed E-state index contributed by atoms with van der Waals surface area (Å²) in [5.41, 5.74) is 1.16. The molecule has 0 aromatic heterocycles. The van der Waals surface area contributed by atoms with E-state index >= 15 is 0 Å². The summed E-state index contributed by atoms with van der Waals surface area (Å²) in [6.45, 7) is 6.82. The van der Waals surface area contributed by atoms with E-state index in [1.165, 1.54) is 0 Å². The zero-order valence-corrected chi connectivity index (χ0v) is 8.71. The van der Waals surface area contributed by atoms with E-state index in [0.29, 0.717) is 6.54 Å². The van der Waals surface area contributed by atoms with E-state index < -0.39 is 0 Å². The topological polar surface area (TPSA) is 32.7 Å². The average molecular weight is 182 g/mol. The molecule has 1 aliphatic rings. The first-order valence-electron chi connectivity index (χ1n) is 5.10. The highest BCUT2D eigenvalue weighted by molar-refractivity contribution is 5.93. The fraction of sp³-hybridized carbons (Fsp3) is 0.800. The first-order valence-corrected chi connectivity index (χ1v) is 5.10. The molecule has 0 N–H and O–H groups in total. The third kappa shape index (κ3) is 2.08. The zero-order valence-electron chi connectivity index (χ0n) is 8.71. The van der Waals surface area contributed by atoms with Crippen molar-refractivity contribution in [1.82, 2.24) is 5.01 Å². The van der Waals surface area contributed by atoms with Crippen LogP contribution in [0.2, 0.25) is 0 Å². The molecule has 0 aliphatic carbocycles. The minimum atomic E-state index is 0.174. The van der Waals surface area contributed by atoms with Gasteiger partial charge < -0.3 is 0 Å². The van der Waals surface area contributed by atoms with Crippen molar-refractivity contribution in [2.75, 3.05) is 6.54 Å². The smallest absolute Gasteiger partial charge is 0.246 e. The van der Waals surface area contributed by atoms with Crippen molar-refractivity contribution in [1.29, 1.82) is 0 Å². The number of nitrogens with zero attached hydrogens (tertiary/aromatic N) is 2. The summed E-state index contributed by atoms with van der Waals surface area (Å²) in [6, 6.07) is 0. The molecule has 0 saturated carbocycles. The Morgan fingerprint density at radius 3 is 2.62 bits per heavy atom. The fourth-order valence-electron chi connectivity index (χ4n) is 1.60. The molecule has 1 unspecified atom stereocenters. The maximum absolute atomic E-state index is 11.7. The second-order valence-corrected chi connectivity index (χ2v) is 3.38. The second-order valence-electron chi connectivity index (χ2n) is 3.38. The molecule has 1 aliphatic heterocycles. The van der Waals surface area contributed by atoms with Crippen LogP contribution < -0.4 is 0 Å². The molecule has 3 nitrogen and oxygen atoms in total. The van der Waals surface area contributed by atoms with Crippen molar-refractivity contribution in [2.45, 2.75) is 40.0 Å². The lowest BCUT2D eigenvalue weighted by molar-refractivity contribution is -0.136. The number of amides is 1. The third-order valence-electron chi connectivity index (χ3n) is 2.55. The van der Waals surface area contributed by atoms with Crippen molar-refractivity contribution < 1.29 is 4.79 Å². The number of carbonyl (C=O) groups excluding carboxylic acids is 1. The molecule has 1 heterocycles. The Hall–Kier alpha value is -0.860. The highest BCUT2D eigenvalue weighted by Gasteiger charge is 2.27. The third-order valence-corrected chi connectivity index (χ3v) is 2.55. The van der Waals surface area contributed by atoms with Crippen LogP contribution in [-0.4, -0.2) is 23.2 Å². The lowest BCUT2D eigenvalue weighted by Crippen LogP contribution is -2.38. The first-order chi connectivity index (χ1) is 6.22. The predicted octanol–water partition coefficient (Wildman–Crippen LogP) is 2.03. The van der Waals surface area contributed by atoms with Crippen LogP contribution in [-0.2, 0) is 4.79 Å². The molecule has 1 amide bonds. The maximum Gasteiger partial charge on any atom is 0.246 e. The van der Waals surface area contributed by atoms with Crippen LogP contribution in [0.25, 0.3) is 0 Å². The van der Waals surface area contributed by atoms with Gasteiger partial charge in [-0.3, -0.25) is 4.79 Å². The number of rotatable bonds is 3. The summed E-state index contributed by atoms with van der Waals surface area (Å²) in [5.74, 6) is 0.370. The predicted molar refractivity (Wildman–Crippen MR) is 53.5 cm³/mol. The highest BCUT2D eigenvalue weighted by atomic mass is 16.2. The van der Waals surface area contributed by atoms with Gasteiger partial charge in [-0.2, -0.15) is 5.10 Å². The van der Waals surface area contributed by atoms with E-state index in [4.69, 9.17) is 0 Å². The van der Waals surface area contributed by atoms with Gasteiger partial charge in [0.15, 0.2) is 0 Å². The molecule has 0 aromatic carbocycles. The van der Waals surface area contributed by atoms with Crippen LogP contribution in [0.3, 0.4) is 0 Å². The van der Waals surface area contributed by atoms with Crippen molar-refractivity contribution in [3.05, 3.63) is 0 Å². The summed E-state index contributed by atoms with van der Waals surface area (Å²) in [6.07, 6.45) is 2.75. The van der Waals surface area contributed by atoms with Crippen LogP contribution in [0.4, 0.5) is 0 Å².